The lowest BCUT2D eigenvalue weighted by atomic mass is 10.2. The molecule has 4 aromatic rings. The molecule has 1 aromatic heterocycles. The molecule has 0 spiro atoms. The Kier molecular flexibility index (Phi) is 6.98. The molecule has 0 saturated carbocycles. The van der Waals surface area contributed by atoms with Gasteiger partial charge in [-0.25, -0.2) is 0 Å². The van der Waals surface area contributed by atoms with Crippen molar-refractivity contribution in [2.24, 2.45) is 0 Å². The van der Waals surface area contributed by atoms with Gasteiger partial charge in [-0.2, -0.15) is 0 Å². The molecule has 1 aliphatic rings. The molecular weight excluding hydrogens is 470 g/mol. The van der Waals surface area contributed by atoms with Gasteiger partial charge in [0.2, 0.25) is 5.76 Å². The van der Waals surface area contributed by atoms with Crippen molar-refractivity contribution in [3.63, 3.8) is 0 Å². The number of carbonyl (C=O) groups is 2. The summed E-state index contributed by atoms with van der Waals surface area (Å²) in [5, 5.41) is 3.56. The van der Waals surface area contributed by atoms with Crippen LogP contribution in [0, 0.1) is 0 Å². The number of hydrogen-bond donors (Lipinski definition) is 1. The second-order valence-electron chi connectivity index (χ2n) is 8.85. The Hall–Kier alpha value is -4.46. The van der Waals surface area contributed by atoms with Crippen LogP contribution in [0.4, 0.5) is 11.4 Å². The minimum atomic E-state index is -0.773. The summed E-state index contributed by atoms with van der Waals surface area (Å²) in [6.45, 7) is 4.05. The van der Waals surface area contributed by atoms with Crippen LogP contribution in [0.2, 0.25) is 0 Å². The lowest BCUT2D eigenvalue weighted by molar-refractivity contribution is -0.122. The summed E-state index contributed by atoms with van der Waals surface area (Å²) >= 11 is 0. The van der Waals surface area contributed by atoms with E-state index in [-0.39, 0.29) is 17.6 Å². The van der Waals surface area contributed by atoms with E-state index in [2.05, 4.69) is 10.2 Å². The van der Waals surface area contributed by atoms with Crippen molar-refractivity contribution in [3.05, 3.63) is 84.6 Å². The molecule has 0 radical (unpaired) electrons. The monoisotopic (exact) mass is 499 g/mol. The topological polar surface area (TPSA) is 84.3 Å². The second-order valence-corrected chi connectivity index (χ2v) is 8.85. The molecule has 37 heavy (non-hydrogen) atoms. The molecule has 1 aliphatic heterocycles. The largest absolute Gasteiger partial charge is 0.497 e. The van der Waals surface area contributed by atoms with Crippen molar-refractivity contribution in [1.82, 2.24) is 4.90 Å². The number of piperazine rings is 1. The molecule has 8 heteroatoms. The molecule has 190 valence electrons. The Bertz CT molecular complexity index is 1390. The molecule has 0 unspecified atom stereocenters. The zero-order chi connectivity index (χ0) is 25.8. The normalized spacial score (nSPS) is 14.3. The minimum Gasteiger partial charge on any atom is -0.497 e. The van der Waals surface area contributed by atoms with Crippen molar-refractivity contribution in [2.45, 2.75) is 13.0 Å². The Balaban J connectivity index is 1.32. The van der Waals surface area contributed by atoms with Gasteiger partial charge in [0.15, 0.2) is 6.10 Å². The number of furan rings is 1. The summed E-state index contributed by atoms with van der Waals surface area (Å²) in [4.78, 5) is 30.6. The first-order valence-electron chi connectivity index (χ1n) is 12.3. The summed E-state index contributed by atoms with van der Waals surface area (Å²) in [6, 6.07) is 24.3. The SMILES string of the molecule is COc1cccc(N2CCN(C(=O)c3oc4ccccc4c3NC(=O)[C@H](C)Oc3ccccc3)CC2)c1. The quantitative estimate of drug-likeness (QED) is 0.393. The van der Waals surface area contributed by atoms with E-state index in [1.165, 1.54) is 0 Å². The van der Waals surface area contributed by atoms with E-state index in [0.717, 1.165) is 11.4 Å². The fraction of sp³-hybridized carbons (Fsp3) is 0.241. The van der Waals surface area contributed by atoms with Gasteiger partial charge in [-0.3, -0.25) is 9.59 Å². The van der Waals surface area contributed by atoms with Crippen LogP contribution in [0.5, 0.6) is 11.5 Å². The van der Waals surface area contributed by atoms with Crippen molar-refractivity contribution in [2.75, 3.05) is 43.5 Å². The van der Waals surface area contributed by atoms with Gasteiger partial charge in [0.25, 0.3) is 11.8 Å². The fourth-order valence-corrected chi connectivity index (χ4v) is 4.42. The van der Waals surface area contributed by atoms with E-state index in [1.807, 2.05) is 60.7 Å². The molecule has 5 rings (SSSR count). The maximum atomic E-state index is 13.6. The standard InChI is InChI=1S/C29H29N3O5/c1-20(36-22-10-4-3-5-11-22)28(33)30-26-24-13-6-7-14-25(24)37-27(26)29(34)32-17-15-31(16-18-32)21-9-8-12-23(19-21)35-2/h3-14,19-20H,15-18H2,1-2H3,(H,30,33)/t20-/m0/s1. The van der Waals surface area contributed by atoms with Gasteiger partial charge in [-0.15, -0.1) is 0 Å². The number of benzene rings is 3. The molecule has 2 amide bonds. The van der Waals surface area contributed by atoms with Gasteiger partial charge in [-0.1, -0.05) is 36.4 Å². The van der Waals surface area contributed by atoms with Gasteiger partial charge >= 0.3 is 0 Å². The van der Waals surface area contributed by atoms with Crippen LogP contribution in [0.3, 0.4) is 0 Å². The zero-order valence-electron chi connectivity index (χ0n) is 20.8. The third-order valence-electron chi connectivity index (χ3n) is 6.45. The predicted octanol–water partition coefficient (Wildman–Crippen LogP) is 4.81. The summed E-state index contributed by atoms with van der Waals surface area (Å²) in [6.07, 6.45) is -0.773. The number of methoxy groups -OCH3 is 1. The van der Waals surface area contributed by atoms with Crippen LogP contribution in [0.25, 0.3) is 11.0 Å². The van der Waals surface area contributed by atoms with E-state index in [9.17, 15) is 9.59 Å². The summed E-state index contributed by atoms with van der Waals surface area (Å²) in [7, 11) is 1.65. The number of amides is 2. The van der Waals surface area contributed by atoms with Crippen LogP contribution in [-0.4, -0.2) is 56.1 Å². The third-order valence-corrected chi connectivity index (χ3v) is 6.45. The minimum absolute atomic E-state index is 0.122. The molecular formula is C29H29N3O5. The number of carbonyl (C=O) groups excluding carboxylic acids is 2. The third kappa shape index (κ3) is 5.23. The molecule has 0 aliphatic carbocycles. The number of nitrogens with zero attached hydrogens (tertiary/aromatic N) is 2. The summed E-state index contributed by atoms with van der Waals surface area (Å²) in [5.74, 6) is 0.883. The fourth-order valence-electron chi connectivity index (χ4n) is 4.42. The van der Waals surface area contributed by atoms with Crippen molar-refractivity contribution in [1.29, 1.82) is 0 Å². The van der Waals surface area contributed by atoms with E-state index >= 15 is 0 Å². The number of hydrogen-bond acceptors (Lipinski definition) is 6. The number of fused-ring (bicyclic) bond motifs is 1. The Morgan fingerprint density at radius 1 is 0.892 bits per heavy atom. The van der Waals surface area contributed by atoms with E-state index in [1.54, 1.807) is 37.1 Å². The number of ether oxygens (including phenoxy) is 2. The van der Waals surface area contributed by atoms with E-state index in [4.69, 9.17) is 13.9 Å². The van der Waals surface area contributed by atoms with Gasteiger partial charge in [-0.05, 0) is 43.3 Å². The first-order valence-corrected chi connectivity index (χ1v) is 12.3. The first kappa shape index (κ1) is 24.2. The van der Waals surface area contributed by atoms with Crippen LogP contribution >= 0.6 is 0 Å². The Labute approximate surface area is 215 Å². The number of para-hydroxylation sites is 2. The van der Waals surface area contributed by atoms with Gasteiger partial charge in [0.1, 0.15) is 22.8 Å². The molecule has 1 atom stereocenters. The Morgan fingerprint density at radius 3 is 2.35 bits per heavy atom. The maximum absolute atomic E-state index is 13.6. The molecule has 1 N–H and O–H groups in total. The van der Waals surface area contributed by atoms with Crippen molar-refractivity contribution < 1.29 is 23.5 Å². The smallest absolute Gasteiger partial charge is 0.291 e. The van der Waals surface area contributed by atoms with Gasteiger partial charge < -0.3 is 29.0 Å². The maximum Gasteiger partial charge on any atom is 0.291 e. The lowest BCUT2D eigenvalue weighted by Gasteiger charge is -2.36. The average molecular weight is 500 g/mol. The number of rotatable bonds is 7. The van der Waals surface area contributed by atoms with Gasteiger partial charge in [0, 0.05) is 43.3 Å². The Morgan fingerprint density at radius 2 is 1.59 bits per heavy atom. The van der Waals surface area contributed by atoms with E-state index in [0.29, 0.717) is 48.6 Å². The van der Waals surface area contributed by atoms with Crippen molar-refractivity contribution >= 4 is 34.2 Å². The number of nitrogens with one attached hydrogen (secondary N) is 1. The molecule has 2 heterocycles. The molecule has 1 saturated heterocycles. The molecule has 0 bridgehead atoms. The highest BCUT2D eigenvalue weighted by Crippen LogP contribution is 2.32. The highest BCUT2D eigenvalue weighted by Gasteiger charge is 2.30. The van der Waals surface area contributed by atoms with Crippen molar-refractivity contribution in [3.8, 4) is 11.5 Å². The summed E-state index contributed by atoms with van der Waals surface area (Å²) in [5.41, 5.74) is 1.95. The van der Waals surface area contributed by atoms with E-state index < -0.39 is 6.10 Å². The first-order chi connectivity index (χ1) is 18.0. The highest BCUT2D eigenvalue weighted by atomic mass is 16.5. The predicted molar refractivity (Wildman–Crippen MR) is 142 cm³/mol. The van der Waals surface area contributed by atoms with Crippen LogP contribution < -0.4 is 19.7 Å². The molecule has 1 fully saturated rings. The lowest BCUT2D eigenvalue weighted by Crippen LogP contribution is -2.48. The van der Waals surface area contributed by atoms with Crippen LogP contribution in [0.15, 0.2) is 83.3 Å². The van der Waals surface area contributed by atoms with Crippen LogP contribution in [0.1, 0.15) is 17.5 Å². The second kappa shape index (κ2) is 10.7. The zero-order valence-corrected chi connectivity index (χ0v) is 20.8. The van der Waals surface area contributed by atoms with Gasteiger partial charge in [0.05, 0.1) is 7.11 Å². The van der Waals surface area contributed by atoms with Crippen LogP contribution in [-0.2, 0) is 4.79 Å². The highest BCUT2D eigenvalue weighted by molar-refractivity contribution is 6.11. The average Bonchev–Trinajstić information content (AvgIpc) is 3.31. The molecule has 3 aromatic carbocycles. The summed E-state index contributed by atoms with van der Waals surface area (Å²) < 4.78 is 17.1. The molecule has 8 nitrogen and oxygen atoms in total. The number of anilines is 2.